The molecule has 0 fully saturated rings. The fourth-order valence-electron chi connectivity index (χ4n) is 1.90. The van der Waals surface area contributed by atoms with Gasteiger partial charge in [-0.3, -0.25) is 4.79 Å². The third-order valence-electron chi connectivity index (χ3n) is 2.92. The first kappa shape index (κ1) is 16.0. The van der Waals surface area contributed by atoms with E-state index < -0.39 is 5.97 Å². The zero-order chi connectivity index (χ0) is 16.1. The molecule has 0 saturated carbocycles. The van der Waals surface area contributed by atoms with Gasteiger partial charge in [0.15, 0.2) is 0 Å². The van der Waals surface area contributed by atoms with Crippen molar-refractivity contribution < 1.29 is 19.1 Å². The number of carbonyl (C=O) groups excluding carboxylic acids is 2. The van der Waals surface area contributed by atoms with Gasteiger partial charge in [0, 0.05) is 0 Å². The molecule has 0 aliphatic carbocycles. The summed E-state index contributed by atoms with van der Waals surface area (Å²) in [6.07, 6.45) is 0. The summed E-state index contributed by atoms with van der Waals surface area (Å²) in [6.45, 7) is 3.68. The predicted octanol–water partition coefficient (Wildman–Crippen LogP) is 2.89. The van der Waals surface area contributed by atoms with Crippen molar-refractivity contribution in [3.8, 4) is 5.75 Å². The highest BCUT2D eigenvalue weighted by Crippen LogP contribution is 2.27. The summed E-state index contributed by atoms with van der Waals surface area (Å²) < 4.78 is 14.3. The van der Waals surface area contributed by atoms with Crippen LogP contribution in [0.5, 0.6) is 5.75 Å². The lowest BCUT2D eigenvalue weighted by molar-refractivity contribution is 0.0527. The summed E-state index contributed by atoms with van der Waals surface area (Å²) in [6, 6.07) is 6.85. The van der Waals surface area contributed by atoms with Crippen LogP contribution < -0.4 is 10.1 Å². The Kier molecular flexibility index (Phi) is 5.11. The van der Waals surface area contributed by atoms with Gasteiger partial charge in [-0.15, -0.1) is 0 Å². The minimum Gasteiger partial charge on any atom is -0.496 e. The highest BCUT2D eigenvalue weighted by Gasteiger charge is 2.22. The molecule has 2 aromatic rings. The van der Waals surface area contributed by atoms with Gasteiger partial charge in [0.1, 0.15) is 16.3 Å². The monoisotopic (exact) mass is 320 g/mol. The van der Waals surface area contributed by atoms with Crippen LogP contribution in [0.1, 0.15) is 33.3 Å². The molecule has 1 aromatic carbocycles. The normalized spacial score (nSPS) is 10.1. The molecule has 0 bridgehead atoms. The second-order valence-electron chi connectivity index (χ2n) is 4.35. The zero-order valence-corrected chi connectivity index (χ0v) is 13.3. The number of methoxy groups -OCH3 is 1. The molecule has 7 heteroatoms. The molecule has 22 heavy (non-hydrogen) atoms. The second-order valence-corrected chi connectivity index (χ2v) is 5.12. The van der Waals surface area contributed by atoms with Crippen LogP contribution in [0.3, 0.4) is 0 Å². The number of aromatic nitrogens is 1. The van der Waals surface area contributed by atoms with E-state index in [-0.39, 0.29) is 18.1 Å². The molecule has 6 nitrogen and oxygen atoms in total. The van der Waals surface area contributed by atoms with E-state index in [0.717, 1.165) is 11.5 Å². The quantitative estimate of drug-likeness (QED) is 0.857. The van der Waals surface area contributed by atoms with Gasteiger partial charge in [-0.05, 0) is 37.5 Å². The summed E-state index contributed by atoms with van der Waals surface area (Å²) in [7, 11) is 1.49. The molecule has 0 aliphatic heterocycles. The number of carbonyl (C=O) groups is 2. The smallest absolute Gasteiger partial charge is 0.343 e. The van der Waals surface area contributed by atoms with Gasteiger partial charge in [0.25, 0.3) is 5.91 Å². The number of hydrogen-bond donors (Lipinski definition) is 1. The Bertz CT molecular complexity index is 697. The predicted molar refractivity (Wildman–Crippen MR) is 83.8 cm³/mol. The van der Waals surface area contributed by atoms with Crippen molar-refractivity contribution in [1.29, 1.82) is 0 Å². The maximum Gasteiger partial charge on any atom is 0.343 e. The summed E-state index contributed by atoms with van der Waals surface area (Å²) in [5, 5.41) is 3.07. The molecule has 2 rings (SSSR count). The molecule has 0 saturated heterocycles. The number of anilines is 1. The van der Waals surface area contributed by atoms with Gasteiger partial charge < -0.3 is 14.8 Å². The van der Waals surface area contributed by atoms with E-state index in [9.17, 15) is 9.59 Å². The lowest BCUT2D eigenvalue weighted by Crippen LogP contribution is -2.15. The van der Waals surface area contributed by atoms with Crippen LogP contribution in [0.2, 0.25) is 0 Å². The van der Waals surface area contributed by atoms with Crippen molar-refractivity contribution in [3.05, 3.63) is 41.1 Å². The van der Waals surface area contributed by atoms with Crippen molar-refractivity contribution in [2.24, 2.45) is 0 Å². The Morgan fingerprint density at radius 1 is 1.32 bits per heavy atom. The summed E-state index contributed by atoms with van der Waals surface area (Å²) in [5.74, 6) is -0.408. The topological polar surface area (TPSA) is 77.5 Å². The summed E-state index contributed by atoms with van der Waals surface area (Å²) >= 11 is 1.04. The minimum absolute atomic E-state index is 0.258. The first-order valence-corrected chi connectivity index (χ1v) is 7.43. The molecule has 0 unspecified atom stereocenters. The van der Waals surface area contributed by atoms with Crippen LogP contribution in [0, 0.1) is 6.92 Å². The van der Waals surface area contributed by atoms with Crippen LogP contribution in [0.25, 0.3) is 0 Å². The highest BCUT2D eigenvalue weighted by atomic mass is 32.1. The number of nitrogens with zero attached hydrogens (tertiary/aromatic N) is 1. The minimum atomic E-state index is -0.496. The fraction of sp³-hybridized carbons (Fsp3) is 0.267. The maximum atomic E-state index is 12.4. The number of aryl methyl sites for hydroxylation is 1. The van der Waals surface area contributed by atoms with Gasteiger partial charge in [-0.25, -0.2) is 4.79 Å². The molecule has 116 valence electrons. The van der Waals surface area contributed by atoms with Crippen molar-refractivity contribution in [1.82, 2.24) is 4.37 Å². The Morgan fingerprint density at radius 3 is 2.73 bits per heavy atom. The number of hydrogen-bond acceptors (Lipinski definition) is 6. The van der Waals surface area contributed by atoms with E-state index in [1.54, 1.807) is 38.1 Å². The molecular formula is C15H16N2O4S. The van der Waals surface area contributed by atoms with Gasteiger partial charge in [-0.1, -0.05) is 12.1 Å². The molecule has 1 heterocycles. The van der Waals surface area contributed by atoms with Gasteiger partial charge >= 0.3 is 5.97 Å². The van der Waals surface area contributed by atoms with E-state index in [1.165, 1.54) is 7.11 Å². The molecule has 0 atom stereocenters. The first-order chi connectivity index (χ1) is 10.6. The first-order valence-electron chi connectivity index (χ1n) is 6.66. The van der Waals surface area contributed by atoms with Crippen LogP contribution in [0.4, 0.5) is 5.00 Å². The van der Waals surface area contributed by atoms with Crippen molar-refractivity contribution >= 4 is 28.4 Å². The third-order valence-corrected chi connectivity index (χ3v) is 3.77. The fourth-order valence-corrected chi connectivity index (χ4v) is 2.68. The number of para-hydroxylation sites is 1. The maximum absolute atomic E-state index is 12.4. The van der Waals surface area contributed by atoms with Crippen molar-refractivity contribution in [2.75, 3.05) is 19.0 Å². The highest BCUT2D eigenvalue weighted by molar-refractivity contribution is 7.11. The molecule has 1 aromatic heterocycles. The van der Waals surface area contributed by atoms with Crippen LogP contribution in [0.15, 0.2) is 24.3 Å². The molecule has 0 spiro atoms. The largest absolute Gasteiger partial charge is 0.496 e. The van der Waals surface area contributed by atoms with E-state index in [2.05, 4.69) is 9.69 Å². The Balaban J connectivity index is 2.28. The van der Waals surface area contributed by atoms with Gasteiger partial charge in [0.2, 0.25) is 0 Å². The van der Waals surface area contributed by atoms with Crippen LogP contribution in [-0.4, -0.2) is 30.0 Å². The zero-order valence-electron chi connectivity index (χ0n) is 12.5. The third kappa shape index (κ3) is 3.25. The van der Waals surface area contributed by atoms with E-state index in [1.807, 2.05) is 0 Å². The summed E-state index contributed by atoms with van der Waals surface area (Å²) in [4.78, 5) is 24.3. The lowest BCUT2D eigenvalue weighted by atomic mass is 10.2. The molecule has 0 aliphatic rings. The number of rotatable bonds is 5. The SMILES string of the molecule is CCOC(=O)c1c(C)nsc1NC(=O)c1ccccc1OC. The molecule has 1 N–H and O–H groups in total. The second kappa shape index (κ2) is 7.04. The van der Waals surface area contributed by atoms with E-state index in [0.29, 0.717) is 22.0 Å². The molecule has 0 radical (unpaired) electrons. The standard InChI is InChI=1S/C15H16N2O4S/c1-4-21-15(19)12-9(2)17-22-14(12)16-13(18)10-7-5-6-8-11(10)20-3/h5-8H,4H2,1-3H3,(H,16,18). The van der Waals surface area contributed by atoms with Crippen molar-refractivity contribution in [3.63, 3.8) is 0 Å². The molecule has 1 amide bonds. The van der Waals surface area contributed by atoms with E-state index in [4.69, 9.17) is 9.47 Å². The Hall–Kier alpha value is -2.41. The number of benzene rings is 1. The average molecular weight is 320 g/mol. The molecular weight excluding hydrogens is 304 g/mol. The lowest BCUT2D eigenvalue weighted by Gasteiger charge is -2.09. The number of ether oxygens (including phenoxy) is 2. The Morgan fingerprint density at radius 2 is 2.05 bits per heavy atom. The van der Waals surface area contributed by atoms with Gasteiger partial charge in [0.05, 0.1) is 25.0 Å². The number of esters is 1. The van der Waals surface area contributed by atoms with Gasteiger partial charge in [-0.2, -0.15) is 4.37 Å². The number of amides is 1. The van der Waals surface area contributed by atoms with Crippen LogP contribution in [-0.2, 0) is 4.74 Å². The Labute approximate surface area is 132 Å². The average Bonchev–Trinajstić information content (AvgIpc) is 2.88. The van der Waals surface area contributed by atoms with Crippen molar-refractivity contribution in [2.45, 2.75) is 13.8 Å². The number of nitrogens with one attached hydrogen (secondary N) is 1. The summed E-state index contributed by atoms with van der Waals surface area (Å²) in [5.41, 5.74) is 1.19. The van der Waals surface area contributed by atoms with E-state index >= 15 is 0 Å². The van der Waals surface area contributed by atoms with Crippen LogP contribution >= 0.6 is 11.5 Å².